The van der Waals surface area contributed by atoms with Gasteiger partial charge >= 0.3 is 121 Å². The predicted molar refractivity (Wildman–Crippen MR) is 87.8 cm³/mol. The van der Waals surface area contributed by atoms with Gasteiger partial charge in [-0.25, -0.2) is 0 Å². The first-order chi connectivity index (χ1) is 7.77. The molecule has 0 spiro atoms. The van der Waals surface area contributed by atoms with Gasteiger partial charge < -0.3 is 0 Å². The van der Waals surface area contributed by atoms with Crippen LogP contribution in [0.4, 0.5) is 0 Å². The van der Waals surface area contributed by atoms with Crippen molar-refractivity contribution in [1.82, 2.24) is 3.12 Å². The molecule has 0 bridgehead atoms. The maximum absolute atomic E-state index is 2.90. The monoisotopic (exact) mass is 363 g/mol. The van der Waals surface area contributed by atoms with Gasteiger partial charge in [-0.2, -0.15) is 0 Å². The predicted octanol–water partition coefficient (Wildman–Crippen LogP) is 5.67. The SMILES string of the molecule is CC[N](CC)[Sn]([C](C)(C)C)([C](C)(C)C)[C](C)(C)C. The average Bonchev–Trinajstić information content (AvgIpc) is 2.06. The van der Waals surface area contributed by atoms with Gasteiger partial charge in [-0.05, 0) is 0 Å². The van der Waals surface area contributed by atoms with Crippen LogP contribution >= 0.6 is 0 Å². The average molecular weight is 362 g/mol. The number of hydrogen-bond acceptors (Lipinski definition) is 1. The van der Waals surface area contributed by atoms with Crippen molar-refractivity contribution in [3.8, 4) is 0 Å². The van der Waals surface area contributed by atoms with Crippen LogP contribution in [0.2, 0.25) is 10.3 Å². The normalized spacial score (nSPS) is 15.3. The van der Waals surface area contributed by atoms with Gasteiger partial charge in [0.05, 0.1) is 0 Å². The van der Waals surface area contributed by atoms with Crippen LogP contribution in [0.5, 0.6) is 0 Å². The van der Waals surface area contributed by atoms with Crippen LogP contribution in [0.3, 0.4) is 0 Å². The van der Waals surface area contributed by atoms with Crippen molar-refractivity contribution in [2.45, 2.75) is 86.5 Å². The molecule has 1 nitrogen and oxygen atoms in total. The molecule has 2 heteroatoms. The van der Waals surface area contributed by atoms with Crippen LogP contribution in [0, 0.1) is 0 Å². The molecule has 0 atom stereocenters. The van der Waals surface area contributed by atoms with Gasteiger partial charge in [-0.3, -0.25) is 0 Å². The fourth-order valence-electron chi connectivity index (χ4n) is 5.50. The van der Waals surface area contributed by atoms with Gasteiger partial charge in [0.1, 0.15) is 0 Å². The third-order valence-electron chi connectivity index (χ3n) is 4.49. The molecule has 0 saturated heterocycles. The fourth-order valence-corrected chi connectivity index (χ4v) is 35.6. The standard InChI is InChI=1S/C4H10N.3C4H9.Sn/c1-3-5-4-2;3*1-4(2)3;/h3-4H2,1-2H3;3*1-3H3;/q-1;;;;+1. The van der Waals surface area contributed by atoms with E-state index in [9.17, 15) is 0 Å². The second-order valence-electron chi connectivity index (χ2n) is 8.63. The van der Waals surface area contributed by atoms with E-state index in [-0.39, 0.29) is 0 Å². The van der Waals surface area contributed by atoms with E-state index in [1.807, 2.05) is 0 Å². The molecular formula is C16H37NSn. The Hall–Kier alpha value is 0.759. The summed E-state index contributed by atoms with van der Waals surface area (Å²) in [6.07, 6.45) is 0. The summed E-state index contributed by atoms with van der Waals surface area (Å²) in [5, 5.41) is 0. The van der Waals surface area contributed by atoms with Gasteiger partial charge in [-0.15, -0.1) is 0 Å². The fraction of sp³-hybridized carbons (Fsp3) is 1.00. The molecule has 0 radical (unpaired) electrons. The first-order valence-corrected chi connectivity index (χ1v) is 13.1. The Morgan fingerprint density at radius 3 is 0.889 bits per heavy atom. The molecule has 0 aromatic rings. The molecule has 0 rings (SSSR count). The summed E-state index contributed by atoms with van der Waals surface area (Å²) in [5.74, 6) is 0. The van der Waals surface area contributed by atoms with Crippen molar-refractivity contribution in [3.63, 3.8) is 0 Å². The van der Waals surface area contributed by atoms with E-state index in [4.69, 9.17) is 0 Å². The van der Waals surface area contributed by atoms with Crippen molar-refractivity contribution < 1.29 is 0 Å². The van der Waals surface area contributed by atoms with E-state index in [0.717, 1.165) is 0 Å². The molecule has 0 amide bonds. The first kappa shape index (κ1) is 18.8. The zero-order valence-corrected chi connectivity index (χ0v) is 17.7. The Labute approximate surface area is 121 Å². The van der Waals surface area contributed by atoms with Crippen LogP contribution in [0.25, 0.3) is 0 Å². The van der Waals surface area contributed by atoms with Crippen LogP contribution in [0.15, 0.2) is 0 Å². The molecule has 0 heterocycles. The molecule has 110 valence electrons. The Morgan fingerprint density at radius 2 is 0.833 bits per heavy atom. The topological polar surface area (TPSA) is 3.24 Å². The summed E-state index contributed by atoms with van der Waals surface area (Å²) in [5.41, 5.74) is 0. The quantitative estimate of drug-likeness (QED) is 0.585. The molecule has 0 aliphatic heterocycles. The zero-order chi connectivity index (χ0) is 15.0. The number of hydrogen-bond donors (Lipinski definition) is 0. The van der Waals surface area contributed by atoms with Gasteiger partial charge in [0.25, 0.3) is 0 Å². The van der Waals surface area contributed by atoms with Gasteiger partial charge in [-0.1, -0.05) is 0 Å². The molecule has 0 unspecified atom stereocenters. The minimum atomic E-state index is -2.65. The van der Waals surface area contributed by atoms with Gasteiger partial charge in [0.2, 0.25) is 0 Å². The molecular weight excluding hydrogens is 325 g/mol. The molecule has 0 aromatic carbocycles. The summed E-state index contributed by atoms with van der Waals surface area (Å²) in [4.78, 5) is 0. The molecule has 0 N–H and O–H groups in total. The van der Waals surface area contributed by atoms with Crippen molar-refractivity contribution in [2.24, 2.45) is 0 Å². The van der Waals surface area contributed by atoms with Crippen molar-refractivity contribution in [2.75, 3.05) is 13.1 Å². The van der Waals surface area contributed by atoms with Gasteiger partial charge in [0, 0.05) is 0 Å². The molecule has 0 fully saturated rings. The summed E-state index contributed by atoms with van der Waals surface area (Å²) in [6, 6.07) is 0. The summed E-state index contributed by atoms with van der Waals surface area (Å²) < 4.78 is 4.22. The third kappa shape index (κ3) is 2.92. The van der Waals surface area contributed by atoms with Crippen molar-refractivity contribution in [3.05, 3.63) is 0 Å². The van der Waals surface area contributed by atoms with Crippen LogP contribution < -0.4 is 0 Å². The second kappa shape index (κ2) is 5.63. The molecule has 0 aliphatic carbocycles. The van der Waals surface area contributed by atoms with E-state index in [0.29, 0.717) is 10.3 Å². The summed E-state index contributed by atoms with van der Waals surface area (Å²) >= 11 is -2.65. The molecule has 0 saturated carbocycles. The maximum atomic E-state index is 2.90. The van der Waals surface area contributed by atoms with E-state index in [2.05, 4.69) is 79.3 Å². The first-order valence-electron chi connectivity index (χ1n) is 7.52. The van der Waals surface area contributed by atoms with E-state index >= 15 is 0 Å². The second-order valence-corrected chi connectivity index (χ2v) is 27.3. The zero-order valence-electron chi connectivity index (χ0n) is 14.9. The van der Waals surface area contributed by atoms with Crippen LogP contribution in [-0.4, -0.2) is 34.9 Å². The van der Waals surface area contributed by atoms with Crippen molar-refractivity contribution >= 4 is 18.7 Å². The molecule has 18 heavy (non-hydrogen) atoms. The van der Waals surface area contributed by atoms with Gasteiger partial charge in [0.15, 0.2) is 0 Å². The van der Waals surface area contributed by atoms with Crippen LogP contribution in [-0.2, 0) is 0 Å². The third-order valence-corrected chi connectivity index (χ3v) is 27.6. The molecule has 0 aromatic heterocycles. The van der Waals surface area contributed by atoms with Crippen molar-refractivity contribution in [1.29, 1.82) is 0 Å². The molecule has 0 aliphatic rings. The van der Waals surface area contributed by atoms with E-state index in [1.54, 1.807) is 0 Å². The number of rotatable bonds is 3. The van der Waals surface area contributed by atoms with Crippen LogP contribution in [0.1, 0.15) is 76.2 Å². The Morgan fingerprint density at radius 1 is 0.611 bits per heavy atom. The van der Waals surface area contributed by atoms with E-state index in [1.165, 1.54) is 13.1 Å². The number of nitrogens with zero attached hydrogens (tertiary/aromatic N) is 1. The Kier molecular flexibility index (Phi) is 5.87. The Balaban J connectivity index is 6.25. The minimum absolute atomic E-state index is 0.442. The summed E-state index contributed by atoms with van der Waals surface area (Å²) in [7, 11) is 0. The summed E-state index contributed by atoms with van der Waals surface area (Å²) in [6.45, 7) is 29.6. The van der Waals surface area contributed by atoms with E-state index < -0.39 is 18.7 Å². The Bertz CT molecular complexity index is 222.